The van der Waals surface area contributed by atoms with E-state index >= 15 is 0 Å². The Morgan fingerprint density at radius 2 is 1.61 bits per heavy atom. The van der Waals surface area contributed by atoms with Gasteiger partial charge < -0.3 is 0 Å². The van der Waals surface area contributed by atoms with E-state index in [-0.39, 0.29) is 5.82 Å². The fraction of sp³-hybridized carbons (Fsp3) is 0.455. The van der Waals surface area contributed by atoms with Crippen LogP contribution < -0.4 is 0 Å². The van der Waals surface area contributed by atoms with Gasteiger partial charge in [-0.25, -0.2) is 4.39 Å². The molecule has 0 aromatic heterocycles. The molecule has 0 N–H and O–H groups in total. The topological polar surface area (TPSA) is 0 Å². The van der Waals surface area contributed by atoms with Crippen molar-refractivity contribution in [2.24, 2.45) is 5.92 Å². The van der Waals surface area contributed by atoms with Gasteiger partial charge in [0, 0.05) is 5.56 Å². The Bertz CT molecular complexity index is 634. The van der Waals surface area contributed by atoms with Crippen LogP contribution in [0.3, 0.4) is 0 Å². The summed E-state index contributed by atoms with van der Waals surface area (Å²) in [6, 6.07) is 14.1. The second-order valence-electron chi connectivity index (χ2n) is 6.92. The molecular formula is C22H27F. The van der Waals surface area contributed by atoms with Gasteiger partial charge in [-0.1, -0.05) is 56.7 Å². The first-order valence-corrected chi connectivity index (χ1v) is 9.10. The van der Waals surface area contributed by atoms with Crippen molar-refractivity contribution < 1.29 is 4.39 Å². The van der Waals surface area contributed by atoms with Gasteiger partial charge in [0.2, 0.25) is 0 Å². The molecule has 1 aliphatic rings. The largest absolute Gasteiger partial charge is 0.206 e. The summed E-state index contributed by atoms with van der Waals surface area (Å²) >= 11 is 0. The highest BCUT2D eigenvalue weighted by Gasteiger charge is 2.22. The van der Waals surface area contributed by atoms with E-state index in [0.29, 0.717) is 5.92 Å². The van der Waals surface area contributed by atoms with E-state index in [9.17, 15) is 4.39 Å². The van der Waals surface area contributed by atoms with E-state index in [1.807, 2.05) is 18.2 Å². The summed E-state index contributed by atoms with van der Waals surface area (Å²) in [7, 11) is 0. The highest BCUT2D eigenvalue weighted by molar-refractivity contribution is 5.65. The SMILES string of the molecule is CCc1ccc(-c2ccc(C3CCC(CC)CC3)cc2F)cc1. The molecule has 1 fully saturated rings. The summed E-state index contributed by atoms with van der Waals surface area (Å²) < 4.78 is 14.6. The molecule has 1 saturated carbocycles. The number of hydrogen-bond acceptors (Lipinski definition) is 0. The van der Waals surface area contributed by atoms with Crippen molar-refractivity contribution in [2.45, 2.75) is 58.3 Å². The van der Waals surface area contributed by atoms with Gasteiger partial charge in [0.15, 0.2) is 0 Å². The number of rotatable bonds is 4. The summed E-state index contributed by atoms with van der Waals surface area (Å²) in [5.41, 5.74) is 4.17. The second-order valence-corrected chi connectivity index (χ2v) is 6.92. The van der Waals surface area contributed by atoms with E-state index in [1.165, 1.54) is 43.2 Å². The maximum absolute atomic E-state index is 14.6. The van der Waals surface area contributed by atoms with E-state index in [1.54, 1.807) is 6.07 Å². The van der Waals surface area contributed by atoms with Gasteiger partial charge in [-0.15, -0.1) is 0 Å². The molecule has 0 heterocycles. The molecule has 3 rings (SSSR count). The summed E-state index contributed by atoms with van der Waals surface area (Å²) in [6.07, 6.45) is 7.31. The normalized spacial score (nSPS) is 21.3. The van der Waals surface area contributed by atoms with Gasteiger partial charge >= 0.3 is 0 Å². The first kappa shape index (κ1) is 16.2. The minimum atomic E-state index is -0.0793. The van der Waals surface area contributed by atoms with Crippen LogP contribution in [0.1, 0.15) is 63.0 Å². The first-order chi connectivity index (χ1) is 11.2. The van der Waals surface area contributed by atoms with Crippen molar-refractivity contribution in [1.82, 2.24) is 0 Å². The van der Waals surface area contributed by atoms with Crippen LogP contribution in [0.4, 0.5) is 4.39 Å². The molecule has 0 bridgehead atoms. The van der Waals surface area contributed by atoms with E-state index < -0.39 is 0 Å². The van der Waals surface area contributed by atoms with Crippen molar-refractivity contribution >= 4 is 0 Å². The van der Waals surface area contributed by atoms with Crippen molar-refractivity contribution in [3.63, 3.8) is 0 Å². The quantitative estimate of drug-likeness (QED) is 0.586. The molecule has 1 aliphatic carbocycles. The molecule has 0 atom stereocenters. The molecule has 0 aliphatic heterocycles. The minimum Gasteiger partial charge on any atom is -0.206 e. The zero-order valence-corrected chi connectivity index (χ0v) is 14.3. The number of aryl methyl sites for hydroxylation is 1. The predicted molar refractivity (Wildman–Crippen MR) is 96.2 cm³/mol. The van der Waals surface area contributed by atoms with Crippen LogP contribution in [-0.2, 0) is 6.42 Å². The molecular weight excluding hydrogens is 283 g/mol. The molecule has 0 amide bonds. The minimum absolute atomic E-state index is 0.0793. The van der Waals surface area contributed by atoms with Gasteiger partial charge in [0.25, 0.3) is 0 Å². The molecule has 0 spiro atoms. The van der Waals surface area contributed by atoms with Crippen LogP contribution in [-0.4, -0.2) is 0 Å². The summed E-state index contributed by atoms with van der Waals surface area (Å²) in [5.74, 6) is 1.35. The smallest absolute Gasteiger partial charge is 0.131 e. The molecule has 23 heavy (non-hydrogen) atoms. The number of halogens is 1. The fourth-order valence-corrected chi connectivity index (χ4v) is 3.84. The molecule has 1 heteroatoms. The van der Waals surface area contributed by atoms with Crippen LogP contribution >= 0.6 is 0 Å². The third-order valence-corrected chi connectivity index (χ3v) is 5.56. The molecule has 2 aromatic rings. The van der Waals surface area contributed by atoms with Gasteiger partial charge in [0.1, 0.15) is 5.82 Å². The van der Waals surface area contributed by atoms with Crippen LogP contribution in [0.15, 0.2) is 42.5 Å². The molecule has 0 nitrogen and oxygen atoms in total. The van der Waals surface area contributed by atoms with E-state index in [0.717, 1.165) is 23.5 Å². The standard InChI is InChI=1S/C22H27F/c1-3-16-5-9-18(10-6-16)20-13-14-21(22(23)15-20)19-11-7-17(4-2)8-12-19/h7-8,11-16,18H,3-6,9-10H2,1-2H3. The highest BCUT2D eigenvalue weighted by Crippen LogP contribution is 2.38. The zero-order valence-electron chi connectivity index (χ0n) is 14.3. The summed E-state index contributed by atoms with van der Waals surface area (Å²) in [5, 5.41) is 0. The Labute approximate surface area is 139 Å². The van der Waals surface area contributed by atoms with Crippen molar-refractivity contribution in [1.29, 1.82) is 0 Å². The molecule has 2 aromatic carbocycles. The van der Waals surface area contributed by atoms with Crippen LogP contribution in [0, 0.1) is 11.7 Å². The lowest BCUT2D eigenvalue weighted by Gasteiger charge is -2.28. The molecule has 122 valence electrons. The van der Waals surface area contributed by atoms with Crippen molar-refractivity contribution in [3.05, 3.63) is 59.4 Å². The van der Waals surface area contributed by atoms with Gasteiger partial charge in [-0.2, -0.15) is 0 Å². The fourth-order valence-electron chi connectivity index (χ4n) is 3.84. The van der Waals surface area contributed by atoms with Crippen LogP contribution in [0.5, 0.6) is 0 Å². The summed E-state index contributed by atoms with van der Waals surface area (Å²) in [6.45, 7) is 4.42. The van der Waals surface area contributed by atoms with E-state index in [4.69, 9.17) is 0 Å². The lowest BCUT2D eigenvalue weighted by atomic mass is 9.77. The number of benzene rings is 2. The van der Waals surface area contributed by atoms with E-state index in [2.05, 4.69) is 32.0 Å². The predicted octanol–water partition coefficient (Wildman–Crippen LogP) is 6.74. The second kappa shape index (κ2) is 7.29. The third-order valence-electron chi connectivity index (χ3n) is 5.56. The van der Waals surface area contributed by atoms with Gasteiger partial charge in [-0.05, 0) is 66.7 Å². The lowest BCUT2D eigenvalue weighted by molar-refractivity contribution is 0.318. The highest BCUT2D eigenvalue weighted by atomic mass is 19.1. The summed E-state index contributed by atoms with van der Waals surface area (Å²) in [4.78, 5) is 0. The monoisotopic (exact) mass is 310 g/mol. The molecule has 0 saturated heterocycles. The maximum Gasteiger partial charge on any atom is 0.131 e. The Hall–Kier alpha value is -1.63. The average Bonchev–Trinajstić information content (AvgIpc) is 2.62. The molecule has 0 unspecified atom stereocenters. The number of hydrogen-bond donors (Lipinski definition) is 0. The average molecular weight is 310 g/mol. The van der Waals surface area contributed by atoms with Crippen LogP contribution in [0.25, 0.3) is 11.1 Å². The third kappa shape index (κ3) is 3.65. The first-order valence-electron chi connectivity index (χ1n) is 9.10. The molecule has 0 radical (unpaired) electrons. The van der Waals surface area contributed by atoms with Crippen LogP contribution in [0.2, 0.25) is 0 Å². The zero-order chi connectivity index (χ0) is 16.2. The Kier molecular flexibility index (Phi) is 5.15. The van der Waals surface area contributed by atoms with Crippen molar-refractivity contribution in [3.8, 4) is 11.1 Å². The lowest BCUT2D eigenvalue weighted by Crippen LogP contribution is -2.12. The maximum atomic E-state index is 14.6. The van der Waals surface area contributed by atoms with Gasteiger partial charge in [-0.3, -0.25) is 0 Å². The Balaban J connectivity index is 1.77. The Morgan fingerprint density at radius 3 is 2.17 bits per heavy atom. The van der Waals surface area contributed by atoms with Gasteiger partial charge in [0.05, 0.1) is 0 Å². The Morgan fingerprint density at radius 1 is 0.913 bits per heavy atom. The van der Waals surface area contributed by atoms with Crippen molar-refractivity contribution in [2.75, 3.05) is 0 Å².